The van der Waals surface area contributed by atoms with Gasteiger partial charge in [0.1, 0.15) is 5.76 Å². The van der Waals surface area contributed by atoms with E-state index in [0.717, 1.165) is 5.76 Å². The molecule has 0 fully saturated rings. The zero-order valence-corrected chi connectivity index (χ0v) is 18.9. The average Bonchev–Trinajstić information content (AvgIpc) is 3.37. The lowest BCUT2D eigenvalue weighted by atomic mass is 9.95. The van der Waals surface area contributed by atoms with Crippen molar-refractivity contribution in [2.75, 3.05) is 10.6 Å². The number of furan rings is 1. The van der Waals surface area contributed by atoms with Crippen LogP contribution in [0.15, 0.2) is 51.4 Å². The maximum Gasteiger partial charge on any atom is 0.229 e. The summed E-state index contributed by atoms with van der Waals surface area (Å²) >= 11 is 2.77. The SMILES string of the molecule is CC(Sc1nnc(NCc2ccco2)s1)C(=O)c1ccc(NC(=O)C(C)(C)C)cc1. The summed E-state index contributed by atoms with van der Waals surface area (Å²) in [6.07, 6.45) is 1.62. The lowest BCUT2D eigenvalue weighted by Crippen LogP contribution is -2.27. The molecule has 2 N–H and O–H groups in total. The minimum atomic E-state index is -0.479. The van der Waals surface area contributed by atoms with Crippen molar-refractivity contribution in [2.45, 2.75) is 43.8 Å². The number of Topliss-reactive ketones (excluding diaryl/α,β-unsaturated/α-hetero) is 1. The second kappa shape index (κ2) is 9.44. The Morgan fingerprint density at radius 3 is 2.53 bits per heavy atom. The van der Waals surface area contributed by atoms with Crippen LogP contribution in [0, 0.1) is 5.41 Å². The predicted octanol–water partition coefficient (Wildman–Crippen LogP) is 5.09. The van der Waals surface area contributed by atoms with Gasteiger partial charge in [-0.3, -0.25) is 9.59 Å². The van der Waals surface area contributed by atoms with E-state index in [2.05, 4.69) is 20.8 Å². The molecule has 0 saturated heterocycles. The number of thioether (sulfide) groups is 1. The Bertz CT molecular complexity index is 992. The molecule has 3 aromatic rings. The molecule has 0 aliphatic carbocycles. The Labute approximate surface area is 183 Å². The molecule has 2 heterocycles. The second-order valence-electron chi connectivity index (χ2n) is 7.71. The van der Waals surface area contributed by atoms with Gasteiger partial charge in [0.05, 0.1) is 18.1 Å². The Balaban J connectivity index is 1.54. The molecule has 1 unspecified atom stereocenters. The first-order chi connectivity index (χ1) is 14.2. The standard InChI is InChI=1S/C21H24N4O3S2/c1-13(29-20-25-24-19(30-20)22-12-16-6-5-11-28-16)17(26)14-7-9-15(10-8-14)23-18(27)21(2,3)4/h5-11,13H,12H2,1-4H3,(H,22,24)(H,23,27). The highest BCUT2D eigenvalue weighted by molar-refractivity contribution is 8.02. The maximum atomic E-state index is 12.7. The largest absolute Gasteiger partial charge is 0.467 e. The van der Waals surface area contributed by atoms with E-state index in [4.69, 9.17) is 4.42 Å². The van der Waals surface area contributed by atoms with Crippen molar-refractivity contribution in [2.24, 2.45) is 5.41 Å². The molecule has 0 aliphatic rings. The topological polar surface area (TPSA) is 97.1 Å². The van der Waals surface area contributed by atoms with Gasteiger partial charge in [-0.15, -0.1) is 10.2 Å². The minimum Gasteiger partial charge on any atom is -0.467 e. The van der Waals surface area contributed by atoms with Crippen LogP contribution in [0.4, 0.5) is 10.8 Å². The Morgan fingerprint density at radius 1 is 1.17 bits per heavy atom. The zero-order valence-electron chi connectivity index (χ0n) is 17.3. The molecule has 9 heteroatoms. The van der Waals surface area contributed by atoms with E-state index in [1.807, 2.05) is 39.8 Å². The number of carbonyl (C=O) groups is 2. The molecular formula is C21H24N4O3S2. The summed E-state index contributed by atoms with van der Waals surface area (Å²) in [6, 6.07) is 10.7. The second-order valence-corrected chi connectivity index (χ2v) is 10.3. The predicted molar refractivity (Wildman–Crippen MR) is 120 cm³/mol. The number of carbonyl (C=O) groups excluding carboxylic acids is 2. The number of aromatic nitrogens is 2. The van der Waals surface area contributed by atoms with Crippen LogP contribution in [0.25, 0.3) is 0 Å². The molecule has 0 radical (unpaired) electrons. The molecule has 0 bridgehead atoms. The molecule has 0 saturated carbocycles. The van der Waals surface area contributed by atoms with Crippen LogP contribution in [0.2, 0.25) is 0 Å². The van der Waals surface area contributed by atoms with Crippen LogP contribution >= 0.6 is 23.1 Å². The smallest absolute Gasteiger partial charge is 0.229 e. The molecule has 0 aliphatic heterocycles. The fraction of sp³-hybridized carbons (Fsp3) is 0.333. The van der Waals surface area contributed by atoms with Crippen LogP contribution in [-0.2, 0) is 11.3 Å². The van der Waals surface area contributed by atoms with Crippen LogP contribution in [0.1, 0.15) is 43.8 Å². The number of anilines is 2. The van der Waals surface area contributed by atoms with Crippen LogP contribution < -0.4 is 10.6 Å². The lowest BCUT2D eigenvalue weighted by molar-refractivity contribution is -0.123. The van der Waals surface area contributed by atoms with Gasteiger partial charge in [-0.1, -0.05) is 43.9 Å². The fourth-order valence-corrected chi connectivity index (χ4v) is 4.35. The van der Waals surface area contributed by atoms with Crippen molar-refractivity contribution >= 4 is 45.6 Å². The summed E-state index contributed by atoms with van der Waals surface area (Å²) in [4.78, 5) is 24.8. The third-order valence-corrected chi connectivity index (χ3v) is 6.22. The van der Waals surface area contributed by atoms with E-state index in [1.165, 1.54) is 23.1 Å². The highest BCUT2D eigenvalue weighted by Crippen LogP contribution is 2.31. The monoisotopic (exact) mass is 444 g/mol. The summed E-state index contributed by atoms with van der Waals surface area (Å²) < 4.78 is 5.99. The first-order valence-electron chi connectivity index (χ1n) is 9.44. The van der Waals surface area contributed by atoms with Gasteiger partial charge in [0.2, 0.25) is 11.0 Å². The van der Waals surface area contributed by atoms with Crippen molar-refractivity contribution in [1.82, 2.24) is 10.2 Å². The zero-order chi connectivity index (χ0) is 21.7. The van der Waals surface area contributed by atoms with Crippen molar-refractivity contribution < 1.29 is 14.0 Å². The maximum absolute atomic E-state index is 12.7. The van der Waals surface area contributed by atoms with Gasteiger partial charge in [-0.05, 0) is 43.3 Å². The first-order valence-corrected chi connectivity index (χ1v) is 11.1. The number of hydrogen-bond donors (Lipinski definition) is 2. The number of amides is 1. The highest BCUT2D eigenvalue weighted by Gasteiger charge is 2.22. The van der Waals surface area contributed by atoms with Gasteiger partial charge in [0.25, 0.3) is 0 Å². The van der Waals surface area contributed by atoms with Gasteiger partial charge in [0, 0.05) is 16.7 Å². The van der Waals surface area contributed by atoms with E-state index in [0.29, 0.717) is 27.3 Å². The third-order valence-electron chi connectivity index (χ3n) is 4.16. The summed E-state index contributed by atoms with van der Waals surface area (Å²) in [5.74, 6) is 0.734. The highest BCUT2D eigenvalue weighted by atomic mass is 32.2. The van der Waals surface area contributed by atoms with E-state index in [-0.39, 0.29) is 16.9 Å². The molecule has 7 nitrogen and oxygen atoms in total. The molecule has 1 amide bonds. The Morgan fingerprint density at radius 2 is 1.90 bits per heavy atom. The lowest BCUT2D eigenvalue weighted by Gasteiger charge is -2.17. The van der Waals surface area contributed by atoms with Gasteiger partial charge in [0.15, 0.2) is 10.1 Å². The molecule has 1 aromatic carbocycles. The fourth-order valence-electron chi connectivity index (χ4n) is 2.38. The molecule has 1 atom stereocenters. The number of benzene rings is 1. The van der Waals surface area contributed by atoms with Crippen LogP contribution in [0.5, 0.6) is 0 Å². The number of hydrogen-bond acceptors (Lipinski definition) is 8. The van der Waals surface area contributed by atoms with Crippen molar-refractivity contribution in [3.63, 3.8) is 0 Å². The summed E-state index contributed by atoms with van der Waals surface area (Å²) in [6.45, 7) is 7.93. The summed E-state index contributed by atoms with van der Waals surface area (Å²) in [5, 5.41) is 14.6. The molecule has 2 aromatic heterocycles. The molecule has 30 heavy (non-hydrogen) atoms. The van der Waals surface area contributed by atoms with E-state index in [1.54, 1.807) is 30.5 Å². The molecular weight excluding hydrogens is 420 g/mol. The molecule has 0 spiro atoms. The minimum absolute atomic E-state index is 0.00556. The van der Waals surface area contributed by atoms with E-state index >= 15 is 0 Å². The van der Waals surface area contributed by atoms with Crippen molar-refractivity contribution in [3.05, 3.63) is 54.0 Å². The van der Waals surface area contributed by atoms with Gasteiger partial charge in [-0.2, -0.15) is 0 Å². The number of nitrogens with one attached hydrogen (secondary N) is 2. The van der Waals surface area contributed by atoms with E-state index in [9.17, 15) is 9.59 Å². The quantitative estimate of drug-likeness (QED) is 0.369. The van der Waals surface area contributed by atoms with Gasteiger partial charge in [-0.25, -0.2) is 0 Å². The summed E-state index contributed by atoms with van der Waals surface area (Å²) in [7, 11) is 0. The average molecular weight is 445 g/mol. The van der Waals surface area contributed by atoms with Crippen LogP contribution in [-0.4, -0.2) is 27.1 Å². The molecule has 158 valence electrons. The van der Waals surface area contributed by atoms with Gasteiger partial charge >= 0.3 is 0 Å². The van der Waals surface area contributed by atoms with Crippen LogP contribution in [0.3, 0.4) is 0 Å². The third kappa shape index (κ3) is 5.93. The number of ketones is 1. The van der Waals surface area contributed by atoms with Crippen molar-refractivity contribution in [3.8, 4) is 0 Å². The Hall–Kier alpha value is -2.65. The van der Waals surface area contributed by atoms with E-state index < -0.39 is 5.41 Å². The normalized spacial score (nSPS) is 12.4. The molecule has 3 rings (SSSR count). The Kier molecular flexibility index (Phi) is 6.94. The van der Waals surface area contributed by atoms with Gasteiger partial charge < -0.3 is 15.1 Å². The first kappa shape index (κ1) is 22.0. The number of nitrogens with zero attached hydrogens (tertiary/aromatic N) is 2. The summed E-state index contributed by atoms with van der Waals surface area (Å²) in [5.41, 5.74) is 0.778. The number of rotatable bonds is 8. The van der Waals surface area contributed by atoms with Crippen molar-refractivity contribution in [1.29, 1.82) is 0 Å².